The molecule has 4 fully saturated rings. The van der Waals surface area contributed by atoms with Crippen LogP contribution in [0.5, 0.6) is 0 Å². The summed E-state index contributed by atoms with van der Waals surface area (Å²) in [6, 6.07) is 13.8. The Balaban J connectivity index is 1.13. The van der Waals surface area contributed by atoms with Gasteiger partial charge in [-0.15, -0.1) is 0 Å². The Hall–Kier alpha value is -2.89. The van der Waals surface area contributed by atoms with Crippen molar-refractivity contribution < 1.29 is 14.3 Å². The maximum Gasteiger partial charge on any atom is 0.409 e. The fourth-order valence-corrected chi connectivity index (χ4v) is 7.83. The van der Waals surface area contributed by atoms with Crippen LogP contribution in [0.15, 0.2) is 54.9 Å². The minimum atomic E-state index is -0.343. The predicted octanol–water partition coefficient (Wildman–Crippen LogP) is 6.50. The Morgan fingerprint density at radius 1 is 0.872 bits per heavy atom. The van der Waals surface area contributed by atoms with E-state index in [4.69, 9.17) is 4.74 Å². The molecule has 39 heavy (non-hydrogen) atoms. The highest BCUT2D eigenvalue weighted by atomic mass is 16.6. The molecule has 6 heteroatoms. The van der Waals surface area contributed by atoms with E-state index in [1.54, 1.807) is 11.9 Å². The first-order chi connectivity index (χ1) is 19.0. The van der Waals surface area contributed by atoms with Gasteiger partial charge in [-0.3, -0.25) is 9.78 Å². The first kappa shape index (κ1) is 27.7. The van der Waals surface area contributed by atoms with Gasteiger partial charge in [0.2, 0.25) is 5.91 Å². The first-order valence-corrected chi connectivity index (χ1v) is 15.1. The summed E-state index contributed by atoms with van der Waals surface area (Å²) in [6.07, 6.45) is 16.2. The van der Waals surface area contributed by atoms with Crippen LogP contribution in [-0.2, 0) is 22.6 Å². The molecule has 2 amide bonds. The van der Waals surface area contributed by atoms with Crippen LogP contribution in [0.3, 0.4) is 0 Å². The van der Waals surface area contributed by atoms with E-state index in [9.17, 15) is 9.59 Å². The SMILES string of the molecule is CN(CCN(CCC12CC3CC(CC(C3)C1)C2)C(=O)CCCCc1ccncc1)C(=O)OCc1ccccc1. The molecule has 0 saturated heterocycles. The van der Waals surface area contributed by atoms with Crippen molar-refractivity contribution in [3.05, 3.63) is 66.0 Å². The second-order valence-corrected chi connectivity index (χ2v) is 12.6. The summed E-state index contributed by atoms with van der Waals surface area (Å²) >= 11 is 0. The van der Waals surface area contributed by atoms with Crippen LogP contribution < -0.4 is 0 Å². The topological polar surface area (TPSA) is 62.7 Å². The molecule has 1 aromatic carbocycles. The second-order valence-electron chi connectivity index (χ2n) is 12.6. The van der Waals surface area contributed by atoms with E-state index in [2.05, 4.69) is 4.98 Å². The van der Waals surface area contributed by atoms with E-state index in [0.717, 1.165) is 55.5 Å². The fourth-order valence-electron chi connectivity index (χ4n) is 7.83. The number of nitrogens with zero attached hydrogens (tertiary/aromatic N) is 3. The fraction of sp³-hybridized carbons (Fsp3) is 0.606. The molecule has 1 aromatic heterocycles. The molecule has 4 bridgehead atoms. The lowest BCUT2D eigenvalue weighted by atomic mass is 9.49. The number of carbonyl (C=O) groups is 2. The quantitative estimate of drug-likeness (QED) is 0.277. The highest BCUT2D eigenvalue weighted by Gasteiger charge is 2.50. The number of pyridine rings is 1. The van der Waals surface area contributed by atoms with Crippen molar-refractivity contribution in [1.82, 2.24) is 14.8 Å². The largest absolute Gasteiger partial charge is 0.445 e. The molecule has 2 aromatic rings. The van der Waals surface area contributed by atoms with Gasteiger partial charge in [0.05, 0.1) is 0 Å². The highest BCUT2D eigenvalue weighted by Crippen LogP contribution is 2.61. The molecule has 0 aliphatic heterocycles. The van der Waals surface area contributed by atoms with Gasteiger partial charge in [0.15, 0.2) is 0 Å². The molecule has 4 aliphatic carbocycles. The standard InChI is InChI=1S/C33H45N3O3/c1-35(32(38)39-25-27-8-3-2-4-9-27)17-18-36(31(37)10-6-5-7-26-11-14-34-15-12-26)16-13-33-22-28-19-29(23-33)21-30(20-28)24-33/h2-4,8-9,11-12,14-15,28-30H,5-7,10,13,16-25H2,1H3. The number of rotatable bonds is 13. The van der Waals surface area contributed by atoms with Gasteiger partial charge in [0.1, 0.15) is 6.61 Å². The Labute approximate surface area is 234 Å². The summed E-state index contributed by atoms with van der Waals surface area (Å²) in [5, 5.41) is 0. The van der Waals surface area contributed by atoms with Crippen LogP contribution >= 0.6 is 0 Å². The number of ether oxygens (including phenoxy) is 1. The summed E-state index contributed by atoms with van der Waals surface area (Å²) in [7, 11) is 1.77. The van der Waals surface area contributed by atoms with E-state index in [1.165, 1.54) is 44.1 Å². The molecular formula is C33H45N3O3. The Morgan fingerprint density at radius 3 is 2.21 bits per heavy atom. The summed E-state index contributed by atoms with van der Waals surface area (Å²) in [4.78, 5) is 33.8. The van der Waals surface area contributed by atoms with Crippen molar-refractivity contribution in [1.29, 1.82) is 0 Å². The maximum atomic E-state index is 13.4. The Bertz CT molecular complexity index is 1040. The maximum absolute atomic E-state index is 13.4. The lowest BCUT2D eigenvalue weighted by Crippen LogP contribution is -2.48. The van der Waals surface area contributed by atoms with Crippen molar-refractivity contribution in [2.75, 3.05) is 26.7 Å². The van der Waals surface area contributed by atoms with Crippen LogP contribution in [0.4, 0.5) is 4.79 Å². The van der Waals surface area contributed by atoms with Gasteiger partial charge in [0, 0.05) is 45.5 Å². The van der Waals surface area contributed by atoms with Crippen molar-refractivity contribution in [2.45, 2.75) is 77.2 Å². The van der Waals surface area contributed by atoms with Gasteiger partial charge in [0.25, 0.3) is 0 Å². The molecule has 6 rings (SSSR count). The molecule has 0 unspecified atom stereocenters. The van der Waals surface area contributed by atoms with E-state index in [0.29, 0.717) is 24.9 Å². The van der Waals surface area contributed by atoms with Crippen molar-refractivity contribution in [3.8, 4) is 0 Å². The third-order valence-corrected chi connectivity index (χ3v) is 9.51. The average Bonchev–Trinajstić information content (AvgIpc) is 2.94. The highest BCUT2D eigenvalue weighted by molar-refractivity contribution is 5.76. The van der Waals surface area contributed by atoms with Gasteiger partial charge in [-0.05, 0) is 111 Å². The normalized spacial score (nSPS) is 24.9. The number of hydrogen-bond acceptors (Lipinski definition) is 4. The Morgan fingerprint density at radius 2 is 1.54 bits per heavy atom. The average molecular weight is 532 g/mol. The van der Waals surface area contributed by atoms with Crippen molar-refractivity contribution in [2.24, 2.45) is 23.2 Å². The number of likely N-dealkylation sites (N-methyl/N-ethyl adjacent to an activating group) is 1. The molecule has 0 radical (unpaired) electrons. The minimum absolute atomic E-state index is 0.223. The molecule has 0 spiro atoms. The van der Waals surface area contributed by atoms with Crippen molar-refractivity contribution >= 4 is 12.0 Å². The lowest BCUT2D eigenvalue weighted by Gasteiger charge is -2.57. The number of unbranched alkanes of at least 4 members (excludes halogenated alkanes) is 1. The van der Waals surface area contributed by atoms with Gasteiger partial charge in [-0.2, -0.15) is 0 Å². The first-order valence-electron chi connectivity index (χ1n) is 15.1. The van der Waals surface area contributed by atoms with Crippen LogP contribution in [0.1, 0.15) is 75.3 Å². The molecule has 210 valence electrons. The third-order valence-electron chi connectivity index (χ3n) is 9.51. The summed E-state index contributed by atoms with van der Waals surface area (Å²) in [5.41, 5.74) is 2.68. The number of amides is 2. The minimum Gasteiger partial charge on any atom is -0.445 e. The molecule has 4 aliphatic rings. The second kappa shape index (κ2) is 13.0. The zero-order chi connectivity index (χ0) is 27.1. The van der Waals surface area contributed by atoms with E-state index in [-0.39, 0.29) is 18.6 Å². The monoisotopic (exact) mass is 531 g/mol. The Kier molecular flexibility index (Phi) is 9.21. The number of aromatic nitrogens is 1. The van der Waals surface area contributed by atoms with Crippen LogP contribution in [0, 0.1) is 23.2 Å². The van der Waals surface area contributed by atoms with Crippen LogP contribution in [0.25, 0.3) is 0 Å². The number of benzene rings is 1. The smallest absolute Gasteiger partial charge is 0.409 e. The van der Waals surface area contributed by atoms with Gasteiger partial charge in [-0.25, -0.2) is 4.79 Å². The molecular weight excluding hydrogens is 486 g/mol. The van der Waals surface area contributed by atoms with Crippen LogP contribution in [0.2, 0.25) is 0 Å². The van der Waals surface area contributed by atoms with E-state index >= 15 is 0 Å². The van der Waals surface area contributed by atoms with Crippen LogP contribution in [-0.4, -0.2) is 53.5 Å². The van der Waals surface area contributed by atoms with E-state index in [1.807, 2.05) is 59.8 Å². The molecule has 0 N–H and O–H groups in total. The molecule has 4 saturated carbocycles. The van der Waals surface area contributed by atoms with Gasteiger partial charge in [-0.1, -0.05) is 30.3 Å². The molecule has 6 nitrogen and oxygen atoms in total. The summed E-state index contributed by atoms with van der Waals surface area (Å²) in [6.45, 7) is 2.11. The third kappa shape index (κ3) is 7.61. The molecule has 1 heterocycles. The molecule has 0 atom stereocenters. The number of aryl methyl sites for hydroxylation is 1. The van der Waals surface area contributed by atoms with Gasteiger partial charge >= 0.3 is 6.09 Å². The number of hydrogen-bond donors (Lipinski definition) is 0. The lowest BCUT2D eigenvalue weighted by molar-refractivity contribution is -0.132. The van der Waals surface area contributed by atoms with Gasteiger partial charge < -0.3 is 14.5 Å². The predicted molar refractivity (Wildman–Crippen MR) is 153 cm³/mol. The van der Waals surface area contributed by atoms with Crippen molar-refractivity contribution in [3.63, 3.8) is 0 Å². The summed E-state index contributed by atoms with van der Waals surface area (Å²) in [5.74, 6) is 2.97. The zero-order valence-corrected chi connectivity index (χ0v) is 23.6. The zero-order valence-electron chi connectivity index (χ0n) is 23.6. The number of carbonyl (C=O) groups excluding carboxylic acids is 2. The van der Waals surface area contributed by atoms with E-state index < -0.39 is 0 Å². The summed E-state index contributed by atoms with van der Waals surface area (Å²) < 4.78 is 5.51.